The van der Waals surface area contributed by atoms with Gasteiger partial charge in [-0.3, -0.25) is 9.59 Å². The lowest BCUT2D eigenvalue weighted by atomic mass is 9.94. The van der Waals surface area contributed by atoms with Gasteiger partial charge in [-0.15, -0.1) is 0 Å². The minimum Gasteiger partial charge on any atom is -0.483 e. The fourth-order valence-corrected chi connectivity index (χ4v) is 5.75. The molecule has 3 aromatic rings. The van der Waals surface area contributed by atoms with Gasteiger partial charge in [-0.1, -0.05) is 92.4 Å². The molecule has 5 nitrogen and oxygen atoms in total. The molecule has 1 saturated carbocycles. The number of hydrogen-bond acceptors (Lipinski definition) is 3. The largest absolute Gasteiger partial charge is 0.483 e. The highest BCUT2D eigenvalue weighted by atomic mass is 79.9. The summed E-state index contributed by atoms with van der Waals surface area (Å²) < 4.78 is 6.82. The van der Waals surface area contributed by atoms with E-state index in [1.165, 1.54) is 12.0 Å². The van der Waals surface area contributed by atoms with Gasteiger partial charge in [0, 0.05) is 19.0 Å². The van der Waals surface area contributed by atoms with Crippen molar-refractivity contribution in [3.05, 3.63) is 99.5 Å². The Balaban J connectivity index is 1.61. The van der Waals surface area contributed by atoms with E-state index in [1.807, 2.05) is 73.7 Å². The Morgan fingerprint density at radius 1 is 0.949 bits per heavy atom. The van der Waals surface area contributed by atoms with Crippen LogP contribution in [0.15, 0.2) is 77.3 Å². The second-order valence-electron chi connectivity index (χ2n) is 10.5. The molecule has 1 unspecified atom stereocenters. The van der Waals surface area contributed by atoms with Gasteiger partial charge in [-0.2, -0.15) is 0 Å². The van der Waals surface area contributed by atoms with Gasteiger partial charge in [0.25, 0.3) is 5.91 Å². The Bertz CT molecular complexity index is 1240. The lowest BCUT2D eigenvalue weighted by molar-refractivity contribution is -0.143. The molecule has 0 heterocycles. The number of carbonyl (C=O) groups is 2. The lowest BCUT2D eigenvalue weighted by Crippen LogP contribution is -2.53. The molecule has 1 atom stereocenters. The Hall–Kier alpha value is -3.12. The Labute approximate surface area is 241 Å². The highest BCUT2D eigenvalue weighted by Crippen LogP contribution is 2.27. The van der Waals surface area contributed by atoms with Gasteiger partial charge >= 0.3 is 0 Å². The third-order valence-electron chi connectivity index (χ3n) is 7.41. The van der Waals surface area contributed by atoms with E-state index in [2.05, 4.69) is 34.2 Å². The molecule has 2 amide bonds. The van der Waals surface area contributed by atoms with Gasteiger partial charge in [-0.25, -0.2) is 0 Å². The van der Waals surface area contributed by atoms with E-state index in [1.54, 1.807) is 4.90 Å². The average molecular weight is 592 g/mol. The summed E-state index contributed by atoms with van der Waals surface area (Å²) in [7, 11) is 0. The van der Waals surface area contributed by atoms with Crippen LogP contribution in [0.2, 0.25) is 0 Å². The Kier molecular flexibility index (Phi) is 10.6. The molecule has 0 radical (unpaired) electrons. The van der Waals surface area contributed by atoms with Crippen LogP contribution >= 0.6 is 15.9 Å². The number of ether oxygens (including phenoxy) is 1. The number of nitrogens with one attached hydrogen (secondary N) is 1. The van der Waals surface area contributed by atoms with E-state index in [0.29, 0.717) is 18.7 Å². The van der Waals surface area contributed by atoms with Crippen molar-refractivity contribution < 1.29 is 14.3 Å². The van der Waals surface area contributed by atoms with Gasteiger partial charge in [-0.05, 0) is 70.9 Å². The topological polar surface area (TPSA) is 58.6 Å². The zero-order valence-electron chi connectivity index (χ0n) is 23.0. The van der Waals surface area contributed by atoms with Crippen LogP contribution in [0.1, 0.15) is 61.3 Å². The van der Waals surface area contributed by atoms with Crippen molar-refractivity contribution >= 4 is 27.7 Å². The fraction of sp³-hybridized carbons (Fsp3) is 0.394. The monoisotopic (exact) mass is 590 g/mol. The van der Waals surface area contributed by atoms with E-state index in [4.69, 9.17) is 4.74 Å². The number of carbonyl (C=O) groups excluding carboxylic acids is 2. The molecule has 39 heavy (non-hydrogen) atoms. The van der Waals surface area contributed by atoms with Crippen molar-refractivity contribution in [2.75, 3.05) is 6.61 Å². The smallest absolute Gasteiger partial charge is 0.261 e. The fourth-order valence-electron chi connectivity index (χ4n) is 5.21. The number of aryl methyl sites for hydroxylation is 2. The van der Waals surface area contributed by atoms with Crippen molar-refractivity contribution in [2.45, 2.75) is 77.4 Å². The normalized spacial score (nSPS) is 14.4. The summed E-state index contributed by atoms with van der Waals surface area (Å²) in [5.74, 6) is 0.297. The predicted molar refractivity (Wildman–Crippen MR) is 160 cm³/mol. The van der Waals surface area contributed by atoms with Crippen LogP contribution in [0.25, 0.3) is 0 Å². The molecule has 0 aromatic heterocycles. The summed E-state index contributed by atoms with van der Waals surface area (Å²) in [5, 5.41) is 3.29. The summed E-state index contributed by atoms with van der Waals surface area (Å²) >= 11 is 3.57. The molecule has 1 N–H and O–H groups in total. The first-order valence-electron chi connectivity index (χ1n) is 14.0. The molecule has 0 aliphatic heterocycles. The third kappa shape index (κ3) is 8.43. The van der Waals surface area contributed by atoms with Crippen LogP contribution in [0, 0.1) is 6.92 Å². The van der Waals surface area contributed by atoms with Crippen LogP contribution < -0.4 is 10.1 Å². The molecule has 1 aliphatic rings. The van der Waals surface area contributed by atoms with Gasteiger partial charge in [0.05, 0.1) is 4.47 Å². The highest BCUT2D eigenvalue weighted by Gasteiger charge is 2.32. The zero-order chi connectivity index (χ0) is 27.6. The van der Waals surface area contributed by atoms with Gasteiger partial charge < -0.3 is 15.0 Å². The minimum atomic E-state index is -0.656. The molecule has 206 valence electrons. The van der Waals surface area contributed by atoms with Crippen LogP contribution in [-0.4, -0.2) is 35.4 Å². The van der Waals surface area contributed by atoms with Crippen molar-refractivity contribution in [2.24, 2.45) is 0 Å². The summed E-state index contributed by atoms with van der Waals surface area (Å²) in [6.07, 6.45) is 6.79. The molecular weight excluding hydrogens is 552 g/mol. The van der Waals surface area contributed by atoms with E-state index < -0.39 is 6.04 Å². The van der Waals surface area contributed by atoms with E-state index >= 15 is 0 Å². The first kappa shape index (κ1) is 28.9. The van der Waals surface area contributed by atoms with Gasteiger partial charge in [0.15, 0.2) is 6.61 Å². The van der Waals surface area contributed by atoms with Crippen LogP contribution in [0.3, 0.4) is 0 Å². The van der Waals surface area contributed by atoms with E-state index in [-0.39, 0.29) is 24.5 Å². The number of nitrogens with zero attached hydrogens (tertiary/aromatic N) is 1. The molecule has 1 fully saturated rings. The van der Waals surface area contributed by atoms with Crippen molar-refractivity contribution in [3.8, 4) is 5.75 Å². The second-order valence-corrected chi connectivity index (χ2v) is 11.3. The first-order chi connectivity index (χ1) is 18.9. The standard InChI is InChI=1S/C33H39BrN2O3/c1-3-25-17-18-31(29(34)20-25)39-23-32(37)36(22-27-14-10-11-24(2)19-27)30(21-26-12-6-4-7-13-26)33(38)35-28-15-8-5-9-16-28/h4,6-7,10-14,17-20,28,30H,3,5,8-9,15-16,21-23H2,1-2H3,(H,35,38). The average Bonchev–Trinajstić information content (AvgIpc) is 2.95. The molecular formula is C33H39BrN2O3. The van der Waals surface area contributed by atoms with Crippen LogP contribution in [0.5, 0.6) is 5.75 Å². The number of rotatable bonds is 11. The SMILES string of the molecule is CCc1ccc(OCC(=O)N(Cc2cccc(C)c2)C(Cc2ccccc2)C(=O)NC2CCCCC2)c(Br)c1. The molecule has 0 spiro atoms. The van der Waals surface area contributed by atoms with Crippen molar-refractivity contribution in [1.82, 2.24) is 10.2 Å². The summed E-state index contributed by atoms with van der Waals surface area (Å²) in [5.41, 5.74) is 4.30. The predicted octanol–water partition coefficient (Wildman–Crippen LogP) is 6.79. The van der Waals surface area contributed by atoms with Crippen LogP contribution in [0.4, 0.5) is 0 Å². The molecule has 3 aromatic carbocycles. The Morgan fingerprint density at radius 2 is 1.69 bits per heavy atom. The van der Waals surface area contributed by atoms with E-state index in [9.17, 15) is 9.59 Å². The molecule has 0 bridgehead atoms. The summed E-state index contributed by atoms with van der Waals surface area (Å²) in [6, 6.07) is 23.4. The Morgan fingerprint density at radius 3 is 2.38 bits per heavy atom. The van der Waals surface area contributed by atoms with Crippen molar-refractivity contribution in [1.29, 1.82) is 0 Å². The third-order valence-corrected chi connectivity index (χ3v) is 8.03. The lowest BCUT2D eigenvalue weighted by Gasteiger charge is -2.33. The summed E-state index contributed by atoms with van der Waals surface area (Å²) in [4.78, 5) is 29.4. The van der Waals surface area contributed by atoms with Crippen LogP contribution in [-0.2, 0) is 29.0 Å². The number of benzene rings is 3. The molecule has 0 saturated heterocycles. The summed E-state index contributed by atoms with van der Waals surface area (Å²) in [6.45, 7) is 4.31. The maximum absolute atomic E-state index is 13.9. The number of amides is 2. The maximum Gasteiger partial charge on any atom is 0.261 e. The minimum absolute atomic E-state index is 0.0970. The highest BCUT2D eigenvalue weighted by molar-refractivity contribution is 9.10. The number of halogens is 1. The van der Waals surface area contributed by atoms with E-state index in [0.717, 1.165) is 53.3 Å². The number of hydrogen-bond donors (Lipinski definition) is 1. The quantitative estimate of drug-likeness (QED) is 0.267. The second kappa shape index (κ2) is 14.3. The van der Waals surface area contributed by atoms with Gasteiger partial charge in [0.1, 0.15) is 11.8 Å². The zero-order valence-corrected chi connectivity index (χ0v) is 24.6. The molecule has 6 heteroatoms. The van der Waals surface area contributed by atoms with Gasteiger partial charge in [0.2, 0.25) is 5.91 Å². The maximum atomic E-state index is 13.9. The van der Waals surface area contributed by atoms with Crippen molar-refractivity contribution in [3.63, 3.8) is 0 Å². The molecule has 1 aliphatic carbocycles. The molecule has 4 rings (SSSR count). The first-order valence-corrected chi connectivity index (χ1v) is 14.8.